The van der Waals surface area contributed by atoms with E-state index in [0.717, 1.165) is 39.1 Å². The van der Waals surface area contributed by atoms with Gasteiger partial charge in [0.1, 0.15) is 20.9 Å². The number of pyridine rings is 1. The molecule has 1 aromatic heterocycles. The van der Waals surface area contributed by atoms with Crippen LogP contribution in [0.25, 0.3) is 0 Å². The number of amidine groups is 1. The van der Waals surface area contributed by atoms with Gasteiger partial charge in [-0.15, -0.1) is 0 Å². The van der Waals surface area contributed by atoms with Crippen LogP contribution in [-0.4, -0.2) is 10.8 Å². The zero-order valence-corrected chi connectivity index (χ0v) is 14.2. The van der Waals surface area contributed by atoms with Gasteiger partial charge in [0.2, 0.25) is 0 Å². The summed E-state index contributed by atoms with van der Waals surface area (Å²) >= 11 is 6.74. The molecule has 1 unspecified atom stereocenters. The average molecular weight is 413 g/mol. The zero-order valence-electron chi connectivity index (χ0n) is 11.0. The molecule has 2 heterocycles. The summed E-state index contributed by atoms with van der Waals surface area (Å²) in [6.07, 6.45) is 1.72. The molecule has 3 rings (SSSR count). The van der Waals surface area contributed by atoms with E-state index in [1.54, 1.807) is 12.1 Å². The van der Waals surface area contributed by atoms with Crippen LogP contribution in [0.5, 0.6) is 0 Å². The highest BCUT2D eigenvalue weighted by Crippen LogP contribution is 2.31. The number of halogens is 3. The van der Waals surface area contributed by atoms with E-state index in [2.05, 4.69) is 47.2 Å². The molecule has 1 aromatic carbocycles. The van der Waals surface area contributed by atoms with Crippen molar-refractivity contribution in [3.8, 4) is 0 Å². The lowest BCUT2D eigenvalue weighted by Gasteiger charge is -2.08. The lowest BCUT2D eigenvalue weighted by molar-refractivity contribution is 0.619. The molecule has 21 heavy (non-hydrogen) atoms. The zero-order chi connectivity index (χ0) is 14.8. The highest BCUT2D eigenvalue weighted by atomic mass is 79.9. The lowest BCUT2D eigenvalue weighted by atomic mass is 10.1. The Morgan fingerprint density at radius 2 is 2.05 bits per heavy atom. The predicted molar refractivity (Wildman–Crippen MR) is 89.1 cm³/mol. The molecule has 0 fully saturated rings. The topological polar surface area (TPSA) is 37.3 Å². The van der Waals surface area contributed by atoms with Crippen LogP contribution in [0.1, 0.15) is 24.4 Å². The summed E-state index contributed by atoms with van der Waals surface area (Å²) in [7, 11) is 0. The molecule has 0 amide bonds. The van der Waals surface area contributed by atoms with Crippen LogP contribution in [0.15, 0.2) is 50.6 Å². The molecular formula is C15H12Br2FN3. The summed E-state index contributed by atoms with van der Waals surface area (Å²) in [5, 5.41) is 3.28. The standard InChI is InChI=1S/C15H12Br2FN3/c16-13-6-4-12(15(17)21-13)20-14-7-5-11(19-14)9-2-1-3-10(18)8-9/h1-4,6,8,11H,5,7H2,(H,19,20). The summed E-state index contributed by atoms with van der Waals surface area (Å²) < 4.78 is 14.8. The molecule has 3 nitrogen and oxygen atoms in total. The number of nitrogens with zero attached hydrogens (tertiary/aromatic N) is 2. The van der Waals surface area contributed by atoms with Gasteiger partial charge in [-0.3, -0.25) is 4.99 Å². The van der Waals surface area contributed by atoms with Crippen molar-refractivity contribution in [1.29, 1.82) is 0 Å². The molecule has 0 radical (unpaired) electrons. The van der Waals surface area contributed by atoms with E-state index in [1.807, 2.05) is 18.2 Å². The number of aromatic nitrogens is 1. The molecule has 108 valence electrons. The maximum absolute atomic E-state index is 13.3. The third-order valence-corrected chi connectivity index (χ3v) is 4.34. The van der Waals surface area contributed by atoms with Crippen molar-refractivity contribution in [2.75, 3.05) is 5.32 Å². The van der Waals surface area contributed by atoms with Gasteiger partial charge in [0.15, 0.2) is 0 Å². The fourth-order valence-electron chi connectivity index (χ4n) is 2.30. The van der Waals surface area contributed by atoms with Gasteiger partial charge in [-0.2, -0.15) is 0 Å². The van der Waals surface area contributed by atoms with Crippen LogP contribution >= 0.6 is 31.9 Å². The van der Waals surface area contributed by atoms with Crippen LogP contribution < -0.4 is 5.32 Å². The Labute approximate surface area is 139 Å². The number of hydrogen-bond acceptors (Lipinski definition) is 3. The Balaban J connectivity index is 1.77. The van der Waals surface area contributed by atoms with Crippen LogP contribution in [0.2, 0.25) is 0 Å². The van der Waals surface area contributed by atoms with Crippen LogP contribution in [0.4, 0.5) is 10.1 Å². The molecular weight excluding hydrogens is 401 g/mol. The monoisotopic (exact) mass is 411 g/mol. The number of rotatable bonds is 2. The van der Waals surface area contributed by atoms with Gasteiger partial charge in [-0.1, -0.05) is 12.1 Å². The molecule has 6 heteroatoms. The van der Waals surface area contributed by atoms with E-state index in [9.17, 15) is 4.39 Å². The third-order valence-electron chi connectivity index (χ3n) is 3.29. The van der Waals surface area contributed by atoms with Gasteiger partial charge in [0.05, 0.1) is 11.7 Å². The van der Waals surface area contributed by atoms with E-state index in [4.69, 9.17) is 0 Å². The van der Waals surface area contributed by atoms with E-state index in [-0.39, 0.29) is 11.9 Å². The minimum atomic E-state index is -0.219. The highest BCUT2D eigenvalue weighted by Gasteiger charge is 2.20. The summed E-state index contributed by atoms with van der Waals surface area (Å²) in [5.74, 6) is 0.679. The molecule has 0 bridgehead atoms. The third kappa shape index (κ3) is 3.49. The molecule has 1 aliphatic rings. The minimum Gasteiger partial charge on any atom is -0.342 e. The number of hydrogen-bond donors (Lipinski definition) is 1. The van der Waals surface area contributed by atoms with Crippen molar-refractivity contribution in [2.24, 2.45) is 4.99 Å². The van der Waals surface area contributed by atoms with Gasteiger partial charge < -0.3 is 5.32 Å². The van der Waals surface area contributed by atoms with E-state index < -0.39 is 0 Å². The second-order valence-electron chi connectivity index (χ2n) is 4.78. The van der Waals surface area contributed by atoms with E-state index >= 15 is 0 Å². The average Bonchev–Trinajstić information content (AvgIpc) is 2.91. The van der Waals surface area contributed by atoms with E-state index in [1.165, 1.54) is 6.07 Å². The summed E-state index contributed by atoms with van der Waals surface area (Å²) in [5.41, 5.74) is 1.79. The number of benzene rings is 1. The van der Waals surface area contributed by atoms with Crippen molar-refractivity contribution in [2.45, 2.75) is 18.9 Å². The Morgan fingerprint density at radius 1 is 1.19 bits per heavy atom. The molecule has 0 saturated carbocycles. The van der Waals surface area contributed by atoms with Crippen LogP contribution in [0, 0.1) is 5.82 Å². The maximum Gasteiger partial charge on any atom is 0.130 e. The smallest absolute Gasteiger partial charge is 0.130 e. The lowest BCUT2D eigenvalue weighted by Crippen LogP contribution is -2.09. The minimum absolute atomic E-state index is 0.0189. The summed E-state index contributed by atoms with van der Waals surface area (Å²) in [6, 6.07) is 10.5. The predicted octanol–water partition coefficient (Wildman–Crippen LogP) is 5.09. The second kappa shape index (κ2) is 6.23. The molecule has 1 atom stereocenters. The normalized spacial score (nSPS) is 17.7. The molecule has 0 aliphatic carbocycles. The quantitative estimate of drug-likeness (QED) is 0.697. The van der Waals surface area contributed by atoms with Crippen LogP contribution in [-0.2, 0) is 0 Å². The van der Waals surface area contributed by atoms with Crippen molar-refractivity contribution in [3.05, 3.63) is 57.0 Å². The number of aliphatic imine (C=N–C) groups is 1. The number of nitrogens with one attached hydrogen (secondary N) is 1. The van der Waals surface area contributed by atoms with Gasteiger partial charge in [-0.25, -0.2) is 9.37 Å². The molecule has 1 aliphatic heterocycles. The maximum atomic E-state index is 13.3. The number of anilines is 1. The van der Waals surface area contributed by atoms with E-state index in [0.29, 0.717) is 0 Å². The first-order chi connectivity index (χ1) is 10.1. The van der Waals surface area contributed by atoms with Gasteiger partial charge in [-0.05, 0) is 68.1 Å². The second-order valence-corrected chi connectivity index (χ2v) is 6.35. The molecule has 0 saturated heterocycles. The Hall–Kier alpha value is -1.27. The first-order valence-corrected chi connectivity index (χ1v) is 8.11. The van der Waals surface area contributed by atoms with Gasteiger partial charge in [0.25, 0.3) is 0 Å². The Kier molecular flexibility index (Phi) is 4.35. The fourth-order valence-corrected chi connectivity index (χ4v) is 3.27. The van der Waals surface area contributed by atoms with Crippen molar-refractivity contribution in [3.63, 3.8) is 0 Å². The first kappa shape index (κ1) is 14.7. The Morgan fingerprint density at radius 3 is 2.81 bits per heavy atom. The van der Waals surface area contributed by atoms with Crippen LogP contribution in [0.3, 0.4) is 0 Å². The molecule has 0 spiro atoms. The van der Waals surface area contributed by atoms with Gasteiger partial charge in [0, 0.05) is 6.42 Å². The highest BCUT2D eigenvalue weighted by molar-refractivity contribution is 9.11. The molecule has 2 aromatic rings. The first-order valence-electron chi connectivity index (χ1n) is 6.53. The molecule has 1 N–H and O–H groups in total. The van der Waals surface area contributed by atoms with Crippen molar-refractivity contribution < 1.29 is 4.39 Å². The Bertz CT molecular complexity index is 703. The summed E-state index contributed by atoms with van der Waals surface area (Å²) in [4.78, 5) is 8.91. The summed E-state index contributed by atoms with van der Waals surface area (Å²) in [6.45, 7) is 0. The van der Waals surface area contributed by atoms with Gasteiger partial charge >= 0.3 is 0 Å². The van der Waals surface area contributed by atoms with Crippen molar-refractivity contribution in [1.82, 2.24) is 4.98 Å². The largest absolute Gasteiger partial charge is 0.342 e. The fraction of sp³-hybridized carbons (Fsp3) is 0.200. The SMILES string of the molecule is Fc1cccc(C2CCC(Nc3ccc(Br)nc3Br)=N2)c1. The van der Waals surface area contributed by atoms with Crippen molar-refractivity contribution >= 4 is 43.4 Å².